The number of hydrogen-bond donors (Lipinski definition) is 1. The molecule has 0 aromatic heterocycles. The van der Waals surface area contributed by atoms with Crippen molar-refractivity contribution in [2.45, 2.75) is 57.6 Å². The number of guanidine groups is 1. The monoisotopic (exact) mass is 354 g/mol. The molecule has 2 aliphatic rings. The van der Waals surface area contributed by atoms with Gasteiger partial charge in [0.2, 0.25) is 5.91 Å². The summed E-state index contributed by atoms with van der Waals surface area (Å²) in [5, 5.41) is 4.16. The molecule has 0 saturated carbocycles. The zero-order chi connectivity index (χ0) is 17.2. The predicted molar refractivity (Wildman–Crippen MR) is 104 cm³/mol. The molecule has 1 N–H and O–H groups in total. The number of carbonyl (C=O) groups excluding carboxylic acids is 1. The van der Waals surface area contributed by atoms with Gasteiger partial charge in [0.15, 0.2) is 5.96 Å². The third-order valence-electron chi connectivity index (χ3n) is 4.75. The van der Waals surface area contributed by atoms with Gasteiger partial charge in [-0.05, 0) is 32.6 Å². The van der Waals surface area contributed by atoms with Crippen LogP contribution in [0.5, 0.6) is 0 Å². The number of nitrogens with zero attached hydrogens (tertiary/aromatic N) is 3. The first kappa shape index (κ1) is 19.4. The first-order chi connectivity index (χ1) is 11.7. The third kappa shape index (κ3) is 6.19. The first-order valence-corrected chi connectivity index (χ1v) is 10.7. The minimum absolute atomic E-state index is 0.335. The second-order valence-corrected chi connectivity index (χ2v) is 8.04. The summed E-state index contributed by atoms with van der Waals surface area (Å²) in [7, 11) is 0. The van der Waals surface area contributed by atoms with Gasteiger partial charge >= 0.3 is 0 Å². The van der Waals surface area contributed by atoms with Gasteiger partial charge in [0, 0.05) is 56.7 Å². The predicted octanol–water partition coefficient (Wildman–Crippen LogP) is 2.57. The van der Waals surface area contributed by atoms with Gasteiger partial charge in [-0.3, -0.25) is 9.79 Å². The van der Waals surface area contributed by atoms with Crippen LogP contribution in [0.3, 0.4) is 0 Å². The molecule has 2 heterocycles. The molecule has 1 atom stereocenters. The van der Waals surface area contributed by atoms with Crippen LogP contribution in [0.4, 0.5) is 0 Å². The maximum absolute atomic E-state index is 12.0. The molecule has 2 aliphatic heterocycles. The van der Waals surface area contributed by atoms with E-state index in [2.05, 4.69) is 35.8 Å². The number of carbonyl (C=O) groups is 1. The van der Waals surface area contributed by atoms with Crippen LogP contribution in [-0.2, 0) is 4.79 Å². The Labute approximate surface area is 151 Å². The number of likely N-dealkylation sites (tertiary alicyclic amines) is 1. The highest BCUT2D eigenvalue weighted by Crippen LogP contribution is 2.21. The number of hydrogen-bond acceptors (Lipinski definition) is 3. The van der Waals surface area contributed by atoms with Crippen molar-refractivity contribution in [2.75, 3.05) is 45.0 Å². The fraction of sp³-hybridized carbons (Fsp3) is 0.889. The largest absolute Gasteiger partial charge is 0.357 e. The average molecular weight is 355 g/mol. The molecule has 24 heavy (non-hydrogen) atoms. The molecule has 1 unspecified atom stereocenters. The molecular formula is C18H34N4OS. The van der Waals surface area contributed by atoms with E-state index in [9.17, 15) is 4.79 Å². The summed E-state index contributed by atoms with van der Waals surface area (Å²) < 4.78 is 0. The average Bonchev–Trinajstić information content (AvgIpc) is 2.82. The van der Waals surface area contributed by atoms with Crippen LogP contribution in [0.25, 0.3) is 0 Å². The molecule has 0 aromatic rings. The van der Waals surface area contributed by atoms with E-state index in [-0.39, 0.29) is 0 Å². The van der Waals surface area contributed by atoms with Crippen LogP contribution in [0.2, 0.25) is 0 Å². The minimum Gasteiger partial charge on any atom is -0.357 e. The third-order valence-corrected chi connectivity index (χ3v) is 6.12. The van der Waals surface area contributed by atoms with E-state index in [0.717, 1.165) is 76.2 Å². The van der Waals surface area contributed by atoms with Gasteiger partial charge in [0.1, 0.15) is 0 Å². The van der Waals surface area contributed by atoms with Crippen LogP contribution in [0, 0.1) is 0 Å². The zero-order valence-corrected chi connectivity index (χ0v) is 16.2. The van der Waals surface area contributed by atoms with Gasteiger partial charge in [0.25, 0.3) is 0 Å². The lowest BCUT2D eigenvalue weighted by molar-refractivity contribution is -0.130. The highest BCUT2D eigenvalue weighted by Gasteiger charge is 2.21. The summed E-state index contributed by atoms with van der Waals surface area (Å²) in [6.45, 7) is 10.1. The second kappa shape index (κ2) is 10.9. The van der Waals surface area contributed by atoms with Crippen molar-refractivity contribution in [1.29, 1.82) is 0 Å². The van der Waals surface area contributed by atoms with Gasteiger partial charge < -0.3 is 15.1 Å². The van der Waals surface area contributed by atoms with Crippen LogP contribution in [-0.4, -0.2) is 71.9 Å². The molecule has 0 bridgehead atoms. The fourth-order valence-electron chi connectivity index (χ4n) is 3.31. The minimum atomic E-state index is 0.335. The maximum atomic E-state index is 12.0. The molecular weight excluding hydrogens is 320 g/mol. The molecule has 0 aliphatic carbocycles. The van der Waals surface area contributed by atoms with E-state index in [0.29, 0.717) is 5.91 Å². The summed E-state index contributed by atoms with van der Waals surface area (Å²) in [5.74, 6) is 2.58. The van der Waals surface area contributed by atoms with Gasteiger partial charge in [-0.2, -0.15) is 11.8 Å². The highest BCUT2D eigenvalue weighted by molar-refractivity contribution is 8.00. The lowest BCUT2D eigenvalue weighted by Crippen LogP contribution is -2.48. The smallest absolute Gasteiger partial charge is 0.222 e. The van der Waals surface area contributed by atoms with E-state index >= 15 is 0 Å². The first-order valence-electron chi connectivity index (χ1n) is 9.67. The van der Waals surface area contributed by atoms with Crippen LogP contribution < -0.4 is 5.32 Å². The Kier molecular flexibility index (Phi) is 8.78. The van der Waals surface area contributed by atoms with Gasteiger partial charge in [-0.1, -0.05) is 13.3 Å². The molecule has 2 saturated heterocycles. The second-order valence-electron chi connectivity index (χ2n) is 6.63. The van der Waals surface area contributed by atoms with E-state index < -0.39 is 0 Å². The Bertz CT molecular complexity index is 416. The Morgan fingerprint density at radius 1 is 1.29 bits per heavy atom. The van der Waals surface area contributed by atoms with Crippen molar-refractivity contribution < 1.29 is 4.79 Å². The van der Waals surface area contributed by atoms with E-state index in [1.54, 1.807) is 0 Å². The lowest BCUT2D eigenvalue weighted by Gasteiger charge is -2.34. The number of amides is 1. The van der Waals surface area contributed by atoms with Crippen molar-refractivity contribution in [1.82, 2.24) is 15.1 Å². The van der Waals surface area contributed by atoms with Crippen molar-refractivity contribution >= 4 is 23.6 Å². The summed E-state index contributed by atoms with van der Waals surface area (Å²) in [6, 6.07) is 0. The van der Waals surface area contributed by atoms with Crippen molar-refractivity contribution in [3.63, 3.8) is 0 Å². The molecule has 6 heteroatoms. The maximum Gasteiger partial charge on any atom is 0.222 e. The SMILES string of the molecule is CCNC(=NCCCN1CCCCCC1=O)N1CCSC(CC)C1. The Hall–Kier alpha value is -0.910. The van der Waals surface area contributed by atoms with Crippen molar-refractivity contribution in [2.24, 2.45) is 4.99 Å². The number of nitrogens with one attached hydrogen (secondary N) is 1. The highest BCUT2D eigenvalue weighted by atomic mass is 32.2. The molecule has 2 fully saturated rings. The van der Waals surface area contributed by atoms with Crippen LogP contribution >= 0.6 is 11.8 Å². The molecule has 5 nitrogen and oxygen atoms in total. The Balaban J connectivity index is 1.80. The van der Waals surface area contributed by atoms with E-state index in [4.69, 9.17) is 4.99 Å². The molecule has 0 radical (unpaired) electrons. The van der Waals surface area contributed by atoms with Gasteiger partial charge in [-0.15, -0.1) is 0 Å². The van der Waals surface area contributed by atoms with Crippen LogP contribution in [0.15, 0.2) is 4.99 Å². The number of aliphatic imine (C=N–C) groups is 1. The number of thioether (sulfide) groups is 1. The summed E-state index contributed by atoms with van der Waals surface area (Å²) in [5.41, 5.74) is 0. The number of rotatable bonds is 6. The van der Waals surface area contributed by atoms with E-state index in [1.165, 1.54) is 18.6 Å². The van der Waals surface area contributed by atoms with E-state index in [1.807, 2.05) is 4.90 Å². The molecule has 2 rings (SSSR count). The molecule has 138 valence electrons. The summed E-state index contributed by atoms with van der Waals surface area (Å²) in [4.78, 5) is 21.3. The quantitative estimate of drug-likeness (QED) is 0.452. The van der Waals surface area contributed by atoms with Crippen molar-refractivity contribution in [3.8, 4) is 0 Å². The zero-order valence-electron chi connectivity index (χ0n) is 15.4. The van der Waals surface area contributed by atoms with Crippen LogP contribution in [0.1, 0.15) is 52.4 Å². The fourth-order valence-corrected chi connectivity index (χ4v) is 4.49. The molecule has 0 aromatic carbocycles. The normalized spacial score (nSPS) is 23.3. The molecule has 1 amide bonds. The standard InChI is InChI=1S/C18H34N4OS/c1-3-16-15-22(13-14-24-16)18(19-4-2)20-10-8-12-21-11-7-5-6-9-17(21)23/h16H,3-15H2,1-2H3,(H,19,20). The topological polar surface area (TPSA) is 47.9 Å². The molecule has 0 spiro atoms. The van der Waals surface area contributed by atoms with Gasteiger partial charge in [-0.25, -0.2) is 0 Å². The summed E-state index contributed by atoms with van der Waals surface area (Å²) in [6.07, 6.45) is 6.31. The lowest BCUT2D eigenvalue weighted by atomic mass is 10.2. The Morgan fingerprint density at radius 3 is 2.96 bits per heavy atom. The summed E-state index contributed by atoms with van der Waals surface area (Å²) >= 11 is 2.08. The Morgan fingerprint density at radius 2 is 2.17 bits per heavy atom. The van der Waals surface area contributed by atoms with Crippen molar-refractivity contribution in [3.05, 3.63) is 0 Å². The van der Waals surface area contributed by atoms with Gasteiger partial charge in [0.05, 0.1) is 0 Å².